The van der Waals surface area contributed by atoms with Gasteiger partial charge in [0.15, 0.2) is 0 Å². The third kappa shape index (κ3) is 3.29. The molecule has 0 bridgehead atoms. The van der Waals surface area contributed by atoms with Crippen LogP contribution in [0.15, 0.2) is 20.1 Å². The van der Waals surface area contributed by atoms with E-state index < -0.39 is 10.0 Å². The highest BCUT2D eigenvalue weighted by Gasteiger charge is 2.25. The topological polar surface area (TPSA) is 49.4 Å². The first-order valence-electron chi connectivity index (χ1n) is 5.57. The van der Waals surface area contributed by atoms with E-state index in [-0.39, 0.29) is 0 Å². The molecule has 0 radical (unpaired) electrons. The molecule has 2 rings (SSSR count). The van der Waals surface area contributed by atoms with Crippen molar-refractivity contribution in [1.82, 2.24) is 9.62 Å². The maximum absolute atomic E-state index is 12.4. The van der Waals surface area contributed by atoms with Crippen molar-refractivity contribution in [2.45, 2.75) is 17.1 Å². The minimum atomic E-state index is -3.30. The zero-order valence-electron chi connectivity index (χ0n) is 9.36. The summed E-state index contributed by atoms with van der Waals surface area (Å²) in [6, 6.07) is 3.44. The van der Waals surface area contributed by atoms with Crippen LogP contribution in [0, 0.1) is 0 Å². The number of nitrogens with one attached hydrogen (secondary N) is 1. The van der Waals surface area contributed by atoms with Gasteiger partial charge in [-0.25, -0.2) is 8.42 Å². The van der Waals surface area contributed by atoms with Crippen molar-refractivity contribution in [3.05, 3.63) is 15.9 Å². The van der Waals surface area contributed by atoms with Gasteiger partial charge in [-0.2, -0.15) is 4.31 Å². The van der Waals surface area contributed by atoms with Gasteiger partial charge in [-0.3, -0.25) is 0 Å². The quantitative estimate of drug-likeness (QED) is 0.895. The van der Waals surface area contributed by atoms with E-state index in [1.54, 1.807) is 16.4 Å². The van der Waals surface area contributed by atoms with Crippen molar-refractivity contribution < 1.29 is 8.42 Å². The molecule has 1 aromatic heterocycles. The van der Waals surface area contributed by atoms with Crippen LogP contribution in [0.1, 0.15) is 12.8 Å². The van der Waals surface area contributed by atoms with Gasteiger partial charge in [-0.15, -0.1) is 11.3 Å². The van der Waals surface area contributed by atoms with Gasteiger partial charge >= 0.3 is 0 Å². The lowest BCUT2D eigenvalue weighted by Gasteiger charge is -2.23. The van der Waals surface area contributed by atoms with Gasteiger partial charge in [0.1, 0.15) is 4.21 Å². The fourth-order valence-electron chi connectivity index (χ4n) is 1.78. The number of hydrogen-bond donors (Lipinski definition) is 1. The molecule has 1 aliphatic rings. The van der Waals surface area contributed by atoms with E-state index in [0.717, 1.165) is 29.7 Å². The highest BCUT2D eigenvalue weighted by atomic mass is 79.9. The average Bonchev–Trinajstić information content (AvgIpc) is 2.64. The SMILES string of the molecule is O=S(=O)(c1ccc(Br)s1)N1CCCCNCC1. The van der Waals surface area contributed by atoms with Gasteiger partial charge in [-0.05, 0) is 47.4 Å². The molecule has 0 spiro atoms. The molecule has 1 aromatic rings. The summed E-state index contributed by atoms with van der Waals surface area (Å²) in [5.41, 5.74) is 0. The molecule has 1 N–H and O–H groups in total. The molecule has 0 aromatic carbocycles. The minimum absolute atomic E-state index is 0.421. The zero-order chi connectivity index (χ0) is 12.3. The second-order valence-corrected chi connectivity index (χ2v) is 8.55. The maximum Gasteiger partial charge on any atom is 0.252 e. The summed E-state index contributed by atoms with van der Waals surface area (Å²) < 4.78 is 27.6. The van der Waals surface area contributed by atoms with E-state index in [2.05, 4.69) is 21.2 Å². The standard InChI is InChI=1S/C10H15BrN2O2S2/c11-9-3-4-10(16-9)17(14,15)13-7-2-1-5-12-6-8-13/h3-4,12H,1-2,5-8H2. The third-order valence-electron chi connectivity index (χ3n) is 2.69. The lowest BCUT2D eigenvalue weighted by atomic mass is 10.3. The predicted octanol–water partition coefficient (Wildman–Crippen LogP) is 1.88. The molecule has 0 aliphatic carbocycles. The molecule has 1 fully saturated rings. The highest BCUT2D eigenvalue weighted by Crippen LogP contribution is 2.28. The van der Waals surface area contributed by atoms with Gasteiger partial charge < -0.3 is 5.32 Å². The van der Waals surface area contributed by atoms with Crippen LogP contribution in [-0.2, 0) is 10.0 Å². The molecule has 1 aliphatic heterocycles. The summed E-state index contributed by atoms with van der Waals surface area (Å²) in [5, 5.41) is 3.23. The number of nitrogens with zero attached hydrogens (tertiary/aromatic N) is 1. The van der Waals surface area contributed by atoms with E-state index in [4.69, 9.17) is 0 Å². The maximum atomic E-state index is 12.4. The average molecular weight is 339 g/mol. The lowest BCUT2D eigenvalue weighted by molar-refractivity contribution is 0.373. The Hall–Kier alpha value is 0.0500. The summed E-state index contributed by atoms with van der Waals surface area (Å²) in [6.07, 6.45) is 1.94. The Labute approximate surface area is 114 Å². The zero-order valence-corrected chi connectivity index (χ0v) is 12.6. The fraction of sp³-hybridized carbons (Fsp3) is 0.600. The number of rotatable bonds is 2. The minimum Gasteiger partial charge on any atom is -0.315 e. The number of thiophene rings is 1. The van der Waals surface area contributed by atoms with Crippen molar-refractivity contribution >= 4 is 37.3 Å². The molecule has 0 atom stereocenters. The Morgan fingerprint density at radius 3 is 2.76 bits per heavy atom. The Morgan fingerprint density at radius 1 is 1.24 bits per heavy atom. The van der Waals surface area contributed by atoms with Crippen LogP contribution in [0.3, 0.4) is 0 Å². The summed E-state index contributed by atoms with van der Waals surface area (Å²) in [7, 11) is -3.30. The van der Waals surface area contributed by atoms with Crippen molar-refractivity contribution in [2.24, 2.45) is 0 Å². The molecule has 7 heteroatoms. The van der Waals surface area contributed by atoms with Crippen molar-refractivity contribution in [2.75, 3.05) is 26.2 Å². The smallest absolute Gasteiger partial charge is 0.252 e. The van der Waals surface area contributed by atoms with Crippen molar-refractivity contribution in [3.63, 3.8) is 0 Å². The van der Waals surface area contributed by atoms with E-state index >= 15 is 0 Å². The first kappa shape index (κ1) is 13.5. The van der Waals surface area contributed by atoms with Crippen LogP contribution >= 0.6 is 27.3 Å². The van der Waals surface area contributed by atoms with Crippen molar-refractivity contribution in [1.29, 1.82) is 0 Å². The van der Waals surface area contributed by atoms with Gasteiger partial charge in [0, 0.05) is 19.6 Å². The van der Waals surface area contributed by atoms with Crippen molar-refractivity contribution in [3.8, 4) is 0 Å². The summed E-state index contributed by atoms with van der Waals surface area (Å²) in [5.74, 6) is 0. The van der Waals surface area contributed by atoms with Crippen LogP contribution in [0.4, 0.5) is 0 Å². The molecule has 96 valence electrons. The van der Waals surface area contributed by atoms with E-state index in [1.807, 2.05) is 0 Å². The summed E-state index contributed by atoms with van der Waals surface area (Å²) >= 11 is 4.57. The molecule has 4 nitrogen and oxygen atoms in total. The molecule has 0 amide bonds. The van der Waals surface area contributed by atoms with Crippen LogP contribution < -0.4 is 5.32 Å². The largest absolute Gasteiger partial charge is 0.315 e. The summed E-state index contributed by atoms with van der Waals surface area (Å²) in [6.45, 7) is 2.89. The molecule has 1 saturated heterocycles. The first-order valence-corrected chi connectivity index (χ1v) is 8.62. The van der Waals surface area contributed by atoms with Gasteiger partial charge in [0.2, 0.25) is 0 Å². The normalized spacial score (nSPS) is 19.8. The Bertz CT molecular complexity index is 464. The number of hydrogen-bond acceptors (Lipinski definition) is 4. The molecule has 0 unspecified atom stereocenters. The molecular formula is C10H15BrN2O2S2. The fourth-order valence-corrected chi connectivity index (χ4v) is 5.43. The second kappa shape index (κ2) is 5.79. The molecular weight excluding hydrogens is 324 g/mol. The number of sulfonamides is 1. The van der Waals surface area contributed by atoms with Crippen LogP contribution in [0.2, 0.25) is 0 Å². The molecule has 2 heterocycles. The third-order valence-corrected chi connectivity index (χ3v) is 6.68. The van der Waals surface area contributed by atoms with Crippen LogP contribution in [-0.4, -0.2) is 38.9 Å². The van der Waals surface area contributed by atoms with Crippen LogP contribution in [0.25, 0.3) is 0 Å². The Kier molecular flexibility index (Phi) is 4.59. The molecule has 0 saturated carbocycles. The highest BCUT2D eigenvalue weighted by molar-refractivity contribution is 9.11. The van der Waals surface area contributed by atoms with Gasteiger partial charge in [0.05, 0.1) is 3.79 Å². The predicted molar refractivity (Wildman–Crippen MR) is 72.9 cm³/mol. The van der Waals surface area contributed by atoms with Crippen LogP contribution in [0.5, 0.6) is 0 Å². The van der Waals surface area contributed by atoms with E-state index in [1.165, 1.54) is 11.3 Å². The Morgan fingerprint density at radius 2 is 2.06 bits per heavy atom. The second-order valence-electron chi connectivity index (χ2n) is 3.92. The first-order chi connectivity index (χ1) is 8.10. The van der Waals surface area contributed by atoms with E-state index in [0.29, 0.717) is 17.3 Å². The van der Waals surface area contributed by atoms with E-state index in [9.17, 15) is 8.42 Å². The number of halogens is 1. The lowest BCUT2D eigenvalue weighted by Crippen LogP contribution is -2.39. The monoisotopic (exact) mass is 338 g/mol. The van der Waals surface area contributed by atoms with Gasteiger partial charge in [0.25, 0.3) is 10.0 Å². The van der Waals surface area contributed by atoms with Gasteiger partial charge in [-0.1, -0.05) is 0 Å². The molecule has 17 heavy (non-hydrogen) atoms. The Balaban J connectivity index is 2.18. The summed E-state index contributed by atoms with van der Waals surface area (Å²) in [4.78, 5) is 0.